The van der Waals surface area contributed by atoms with Gasteiger partial charge < -0.3 is 14.8 Å². The summed E-state index contributed by atoms with van der Waals surface area (Å²) in [5.41, 5.74) is 1.60. The molecule has 0 unspecified atom stereocenters. The third-order valence-electron chi connectivity index (χ3n) is 4.02. The summed E-state index contributed by atoms with van der Waals surface area (Å²) in [6.07, 6.45) is 1.57. The van der Waals surface area contributed by atoms with Gasteiger partial charge >= 0.3 is 6.03 Å². The lowest BCUT2D eigenvalue weighted by atomic mass is 10.1. The highest BCUT2D eigenvalue weighted by atomic mass is 79.9. The molecule has 1 aliphatic rings. The quantitative estimate of drug-likeness (QED) is 0.546. The first-order valence-electron chi connectivity index (χ1n) is 7.93. The number of rotatable bonds is 5. The Bertz CT molecular complexity index is 928. The Morgan fingerprint density at radius 3 is 2.41 bits per heavy atom. The molecule has 2 aromatic carbocycles. The monoisotopic (exact) mass is 450 g/mol. The molecular formula is C19H16BrClN2O4. The average molecular weight is 452 g/mol. The van der Waals surface area contributed by atoms with Crippen molar-refractivity contribution in [3.8, 4) is 11.5 Å². The average Bonchev–Trinajstić information content (AvgIpc) is 2.91. The molecule has 0 saturated carbocycles. The third-order valence-corrected chi connectivity index (χ3v) is 4.89. The number of carbonyl (C=O) groups excluding carboxylic acids is 2. The molecule has 140 valence electrons. The van der Waals surface area contributed by atoms with Crippen LogP contribution >= 0.6 is 27.5 Å². The van der Waals surface area contributed by atoms with Gasteiger partial charge in [0.05, 0.1) is 25.2 Å². The maximum Gasteiger partial charge on any atom is 0.329 e. The van der Waals surface area contributed by atoms with Crippen molar-refractivity contribution in [1.29, 1.82) is 0 Å². The van der Waals surface area contributed by atoms with E-state index in [0.717, 1.165) is 10.5 Å². The fourth-order valence-electron chi connectivity index (χ4n) is 2.64. The molecule has 1 aliphatic heterocycles. The highest BCUT2D eigenvalue weighted by Crippen LogP contribution is 2.34. The maximum absolute atomic E-state index is 12.7. The van der Waals surface area contributed by atoms with Gasteiger partial charge in [0.2, 0.25) is 0 Å². The van der Waals surface area contributed by atoms with Crippen LogP contribution in [0.1, 0.15) is 11.1 Å². The molecule has 0 spiro atoms. The van der Waals surface area contributed by atoms with Crippen molar-refractivity contribution in [1.82, 2.24) is 10.2 Å². The number of halogens is 2. The van der Waals surface area contributed by atoms with Gasteiger partial charge in [0, 0.05) is 16.7 Å². The Morgan fingerprint density at radius 2 is 1.78 bits per heavy atom. The maximum atomic E-state index is 12.7. The van der Waals surface area contributed by atoms with E-state index in [4.69, 9.17) is 21.1 Å². The van der Waals surface area contributed by atoms with Crippen molar-refractivity contribution in [3.05, 3.63) is 62.7 Å². The van der Waals surface area contributed by atoms with Crippen molar-refractivity contribution in [3.63, 3.8) is 0 Å². The number of carbonyl (C=O) groups is 2. The predicted molar refractivity (Wildman–Crippen MR) is 106 cm³/mol. The lowest BCUT2D eigenvalue weighted by Crippen LogP contribution is -2.30. The summed E-state index contributed by atoms with van der Waals surface area (Å²) in [7, 11) is 3.07. The van der Waals surface area contributed by atoms with Gasteiger partial charge in [-0.05, 0) is 45.8 Å². The Labute approximate surface area is 169 Å². The Balaban J connectivity index is 1.88. The summed E-state index contributed by atoms with van der Waals surface area (Å²) >= 11 is 9.27. The first-order valence-corrected chi connectivity index (χ1v) is 9.10. The lowest BCUT2D eigenvalue weighted by Gasteiger charge is -2.12. The zero-order chi connectivity index (χ0) is 19.6. The van der Waals surface area contributed by atoms with Crippen molar-refractivity contribution in [2.45, 2.75) is 6.54 Å². The molecule has 0 aliphatic carbocycles. The van der Waals surface area contributed by atoms with E-state index in [-0.39, 0.29) is 12.2 Å². The van der Waals surface area contributed by atoms with Crippen LogP contribution in [0.4, 0.5) is 4.79 Å². The van der Waals surface area contributed by atoms with E-state index < -0.39 is 11.9 Å². The number of benzene rings is 2. The Hall–Kier alpha value is -2.51. The van der Waals surface area contributed by atoms with Crippen molar-refractivity contribution < 1.29 is 19.1 Å². The minimum absolute atomic E-state index is 0.155. The van der Waals surface area contributed by atoms with Gasteiger partial charge in [0.25, 0.3) is 5.91 Å². The van der Waals surface area contributed by atoms with Gasteiger partial charge in [-0.15, -0.1) is 0 Å². The van der Waals surface area contributed by atoms with E-state index in [9.17, 15) is 9.59 Å². The first-order chi connectivity index (χ1) is 12.9. The number of urea groups is 1. The molecular weight excluding hydrogens is 436 g/mol. The number of nitrogens with zero attached hydrogens (tertiary/aromatic N) is 1. The van der Waals surface area contributed by atoms with Crippen LogP contribution in [0.15, 0.2) is 46.6 Å². The number of ether oxygens (including phenoxy) is 2. The number of amides is 3. The van der Waals surface area contributed by atoms with E-state index in [1.54, 1.807) is 49.6 Å². The van der Waals surface area contributed by atoms with E-state index in [2.05, 4.69) is 21.2 Å². The first kappa shape index (κ1) is 19.3. The molecule has 1 N–H and O–H groups in total. The number of nitrogens with one attached hydrogen (secondary N) is 1. The normalized spacial score (nSPS) is 15.3. The molecule has 1 fully saturated rings. The Kier molecular flexibility index (Phi) is 5.72. The van der Waals surface area contributed by atoms with Crippen LogP contribution in [0.25, 0.3) is 6.08 Å². The summed E-state index contributed by atoms with van der Waals surface area (Å²) in [6, 6.07) is 9.95. The van der Waals surface area contributed by atoms with Crippen LogP contribution in [0, 0.1) is 0 Å². The molecule has 27 heavy (non-hydrogen) atoms. The number of hydrogen-bond acceptors (Lipinski definition) is 4. The molecule has 1 heterocycles. The van der Waals surface area contributed by atoms with Crippen molar-refractivity contribution >= 4 is 45.5 Å². The predicted octanol–water partition coefficient (Wildman–Crippen LogP) is 4.21. The summed E-state index contributed by atoms with van der Waals surface area (Å²) in [4.78, 5) is 26.1. The molecule has 0 bridgehead atoms. The second kappa shape index (κ2) is 8.02. The molecule has 0 atom stereocenters. The summed E-state index contributed by atoms with van der Waals surface area (Å²) in [5, 5.41) is 3.20. The van der Waals surface area contributed by atoms with Gasteiger partial charge in [0.15, 0.2) is 0 Å². The highest BCUT2D eigenvalue weighted by molar-refractivity contribution is 9.10. The molecule has 1 saturated heterocycles. The SMILES string of the molecule is COc1cc(OC)c(/C=C2\NC(=O)N(Cc3ccc(Cl)cc3)C2=O)cc1Br. The van der Waals surface area contributed by atoms with Gasteiger partial charge in [0.1, 0.15) is 17.2 Å². The molecule has 2 aromatic rings. The summed E-state index contributed by atoms with van der Waals surface area (Å²) < 4.78 is 11.3. The molecule has 6 nitrogen and oxygen atoms in total. The van der Waals surface area contributed by atoms with Crippen molar-refractivity contribution in [2.24, 2.45) is 0 Å². The topological polar surface area (TPSA) is 67.9 Å². The highest BCUT2D eigenvalue weighted by Gasteiger charge is 2.33. The Morgan fingerprint density at radius 1 is 1.11 bits per heavy atom. The van der Waals surface area contributed by atoms with E-state index >= 15 is 0 Å². The minimum Gasteiger partial charge on any atom is -0.496 e. The fraction of sp³-hybridized carbons (Fsp3) is 0.158. The van der Waals surface area contributed by atoms with Gasteiger partial charge in [-0.25, -0.2) is 4.79 Å². The molecule has 0 radical (unpaired) electrons. The molecule has 3 rings (SSSR count). The van der Waals surface area contributed by atoms with Crippen LogP contribution in [0.2, 0.25) is 5.02 Å². The smallest absolute Gasteiger partial charge is 0.329 e. The van der Waals surface area contributed by atoms with Crippen LogP contribution < -0.4 is 14.8 Å². The summed E-state index contributed by atoms with van der Waals surface area (Å²) in [5.74, 6) is 0.699. The van der Waals surface area contributed by atoms with E-state index in [1.165, 1.54) is 7.11 Å². The van der Waals surface area contributed by atoms with Gasteiger partial charge in [-0.2, -0.15) is 0 Å². The fourth-order valence-corrected chi connectivity index (χ4v) is 3.29. The minimum atomic E-state index is -0.479. The summed E-state index contributed by atoms with van der Waals surface area (Å²) in [6.45, 7) is 0.155. The zero-order valence-corrected chi connectivity index (χ0v) is 16.9. The largest absolute Gasteiger partial charge is 0.496 e. The second-order valence-electron chi connectivity index (χ2n) is 5.73. The van der Waals surface area contributed by atoms with E-state index in [1.807, 2.05) is 0 Å². The second-order valence-corrected chi connectivity index (χ2v) is 7.03. The number of methoxy groups -OCH3 is 2. The van der Waals surface area contributed by atoms with E-state index in [0.29, 0.717) is 26.6 Å². The van der Waals surface area contributed by atoms with Crippen LogP contribution in [-0.2, 0) is 11.3 Å². The van der Waals surface area contributed by atoms with Crippen LogP contribution in [0.5, 0.6) is 11.5 Å². The number of imide groups is 1. The van der Waals surface area contributed by atoms with Crippen LogP contribution in [-0.4, -0.2) is 31.1 Å². The molecule has 8 heteroatoms. The zero-order valence-electron chi connectivity index (χ0n) is 14.6. The van der Waals surface area contributed by atoms with Gasteiger partial charge in [-0.1, -0.05) is 23.7 Å². The lowest BCUT2D eigenvalue weighted by molar-refractivity contribution is -0.123. The number of hydrogen-bond donors (Lipinski definition) is 1. The van der Waals surface area contributed by atoms with Crippen molar-refractivity contribution in [2.75, 3.05) is 14.2 Å². The standard InChI is InChI=1S/C19H16BrClN2O4/c1-26-16-9-17(27-2)14(20)7-12(16)8-15-18(24)23(19(25)22-15)10-11-3-5-13(21)6-4-11/h3-9H,10H2,1-2H3,(H,22,25)/b15-8-. The molecule has 3 amide bonds. The van der Waals surface area contributed by atoms with Gasteiger partial charge in [-0.3, -0.25) is 9.69 Å². The third kappa shape index (κ3) is 4.09. The molecule has 0 aromatic heterocycles. The van der Waals surface area contributed by atoms with Crippen LogP contribution in [0.3, 0.4) is 0 Å².